The van der Waals surface area contributed by atoms with E-state index in [1.807, 2.05) is 54.6 Å². The fraction of sp³-hybridized carbons (Fsp3) is 0.333. The molecule has 1 N–H and O–H groups in total. The summed E-state index contributed by atoms with van der Waals surface area (Å²) >= 11 is 0. The molecule has 0 atom stereocenters. The highest BCUT2D eigenvalue weighted by molar-refractivity contribution is 5.80. The van der Waals surface area contributed by atoms with Gasteiger partial charge in [0, 0.05) is 43.8 Å². The number of nitrogens with zero attached hydrogens (tertiary/aromatic N) is 6. The lowest BCUT2D eigenvalue weighted by atomic mass is 10.1. The van der Waals surface area contributed by atoms with Crippen molar-refractivity contribution in [2.24, 2.45) is 0 Å². The van der Waals surface area contributed by atoms with Crippen LogP contribution in [0.2, 0.25) is 0 Å². The first kappa shape index (κ1) is 25.7. The van der Waals surface area contributed by atoms with Crippen LogP contribution in [0.3, 0.4) is 0 Å². The number of aromatic nitrogens is 4. The van der Waals surface area contributed by atoms with Crippen LogP contribution in [-0.2, 0) is 19.4 Å². The highest BCUT2D eigenvalue weighted by Crippen LogP contribution is 2.23. The molecule has 0 saturated carbocycles. The summed E-state index contributed by atoms with van der Waals surface area (Å²) in [5.41, 5.74) is 2.57. The minimum atomic E-state index is -4.58. The first-order valence-corrected chi connectivity index (χ1v) is 12.4. The highest BCUT2D eigenvalue weighted by Gasteiger charge is 2.30. The number of nitrogens with one attached hydrogen (secondary N) is 1. The molecule has 1 aliphatic heterocycles. The van der Waals surface area contributed by atoms with Crippen molar-refractivity contribution in [3.05, 3.63) is 82.4 Å². The van der Waals surface area contributed by atoms with Crippen molar-refractivity contribution in [3.8, 4) is 0 Å². The fourth-order valence-corrected chi connectivity index (χ4v) is 4.50. The molecule has 4 aromatic rings. The predicted octanol–water partition coefficient (Wildman–Crippen LogP) is 4.03. The van der Waals surface area contributed by atoms with Crippen LogP contribution in [0.1, 0.15) is 11.3 Å². The molecule has 3 heterocycles. The molecule has 0 aliphatic carbocycles. The number of alkyl halides is 3. The van der Waals surface area contributed by atoms with Crippen LogP contribution in [0.5, 0.6) is 0 Å². The van der Waals surface area contributed by atoms with Crippen molar-refractivity contribution in [2.75, 3.05) is 43.4 Å². The van der Waals surface area contributed by atoms with E-state index in [1.54, 1.807) is 0 Å². The first-order valence-electron chi connectivity index (χ1n) is 12.4. The smallest absolute Gasteiger partial charge is 0.369 e. The van der Waals surface area contributed by atoms with E-state index in [0.29, 0.717) is 23.2 Å². The summed E-state index contributed by atoms with van der Waals surface area (Å²) in [5.74, 6) is 0.237. The second-order valence-electron chi connectivity index (χ2n) is 9.43. The summed E-state index contributed by atoms with van der Waals surface area (Å²) in [4.78, 5) is 26.2. The standard InChI is InChI=1S/C27H28F3N7O/c1-35-13-15-36(16-14-35)21-10-8-20(9-11-21)32-26-31-17-22-24(33-26)23(12-7-19-5-3-2-4-6-19)34-37(25(22)38)18-27(28,29)30/h2-6,8-11,17H,7,12-16,18H2,1H3,(H,31,32,33). The Bertz CT molecular complexity index is 1450. The molecular weight excluding hydrogens is 495 g/mol. The first-order chi connectivity index (χ1) is 18.2. The summed E-state index contributed by atoms with van der Waals surface area (Å²) in [6, 6.07) is 17.4. The average molecular weight is 524 g/mol. The van der Waals surface area contributed by atoms with Crippen LogP contribution < -0.4 is 15.8 Å². The number of piperazine rings is 1. The van der Waals surface area contributed by atoms with Crippen LogP contribution in [0.15, 0.2) is 65.6 Å². The van der Waals surface area contributed by atoms with Gasteiger partial charge in [0.2, 0.25) is 5.95 Å². The minimum Gasteiger partial charge on any atom is -0.369 e. The summed E-state index contributed by atoms with van der Waals surface area (Å²) < 4.78 is 39.8. The molecule has 0 unspecified atom stereocenters. The molecule has 1 aliphatic rings. The monoisotopic (exact) mass is 523 g/mol. The van der Waals surface area contributed by atoms with Crippen molar-refractivity contribution >= 4 is 28.2 Å². The lowest BCUT2D eigenvalue weighted by Crippen LogP contribution is -2.44. The van der Waals surface area contributed by atoms with E-state index < -0.39 is 18.3 Å². The van der Waals surface area contributed by atoms with Crippen LogP contribution in [0, 0.1) is 0 Å². The van der Waals surface area contributed by atoms with Crippen molar-refractivity contribution in [3.63, 3.8) is 0 Å². The largest absolute Gasteiger partial charge is 0.408 e. The van der Waals surface area contributed by atoms with Gasteiger partial charge in [-0.3, -0.25) is 4.79 Å². The van der Waals surface area contributed by atoms with Crippen molar-refractivity contribution in [1.29, 1.82) is 0 Å². The molecule has 0 bridgehead atoms. The van der Waals surface area contributed by atoms with Gasteiger partial charge in [-0.15, -0.1) is 0 Å². The molecule has 1 fully saturated rings. The van der Waals surface area contributed by atoms with Gasteiger partial charge in [-0.05, 0) is 49.7 Å². The van der Waals surface area contributed by atoms with Gasteiger partial charge in [0.1, 0.15) is 12.1 Å². The average Bonchev–Trinajstić information content (AvgIpc) is 2.90. The summed E-state index contributed by atoms with van der Waals surface area (Å²) in [7, 11) is 2.11. The number of hydrogen-bond donors (Lipinski definition) is 1. The third-order valence-corrected chi connectivity index (χ3v) is 6.58. The molecule has 0 spiro atoms. The van der Waals surface area contributed by atoms with Gasteiger partial charge in [-0.25, -0.2) is 14.6 Å². The molecule has 0 amide bonds. The Morgan fingerprint density at radius 1 is 0.947 bits per heavy atom. The fourth-order valence-electron chi connectivity index (χ4n) is 4.50. The van der Waals surface area contributed by atoms with E-state index in [-0.39, 0.29) is 16.9 Å². The van der Waals surface area contributed by atoms with Crippen LogP contribution >= 0.6 is 0 Å². The Hall–Kier alpha value is -3.99. The number of anilines is 3. The number of rotatable bonds is 7. The number of halogens is 3. The Morgan fingerprint density at radius 2 is 1.66 bits per heavy atom. The van der Waals surface area contributed by atoms with Gasteiger partial charge in [-0.1, -0.05) is 30.3 Å². The predicted molar refractivity (Wildman–Crippen MR) is 141 cm³/mol. The molecular formula is C27H28F3N7O. The van der Waals surface area contributed by atoms with E-state index in [9.17, 15) is 18.0 Å². The van der Waals surface area contributed by atoms with Gasteiger partial charge in [-0.2, -0.15) is 18.3 Å². The molecule has 2 aromatic heterocycles. The summed E-state index contributed by atoms with van der Waals surface area (Å²) in [6.45, 7) is 2.47. The SMILES string of the molecule is CN1CCN(c2ccc(Nc3ncc4c(=O)n(CC(F)(F)F)nc(CCc5ccccc5)c4n3)cc2)CC1. The molecule has 11 heteroatoms. The Kier molecular flexibility index (Phi) is 7.28. The lowest BCUT2D eigenvalue weighted by molar-refractivity contribution is -0.143. The van der Waals surface area contributed by atoms with E-state index in [4.69, 9.17) is 0 Å². The van der Waals surface area contributed by atoms with E-state index in [0.717, 1.165) is 43.1 Å². The van der Waals surface area contributed by atoms with E-state index in [1.165, 1.54) is 6.20 Å². The molecule has 198 valence electrons. The third kappa shape index (κ3) is 6.10. The lowest BCUT2D eigenvalue weighted by Gasteiger charge is -2.34. The molecule has 0 radical (unpaired) electrons. The zero-order valence-electron chi connectivity index (χ0n) is 20.9. The van der Waals surface area contributed by atoms with Crippen molar-refractivity contribution in [2.45, 2.75) is 25.6 Å². The second kappa shape index (κ2) is 10.8. The number of benzene rings is 2. The van der Waals surface area contributed by atoms with Gasteiger partial charge < -0.3 is 15.1 Å². The van der Waals surface area contributed by atoms with Crippen LogP contribution in [0.4, 0.5) is 30.5 Å². The zero-order chi connectivity index (χ0) is 26.7. The maximum Gasteiger partial charge on any atom is 0.408 e. The van der Waals surface area contributed by atoms with Gasteiger partial charge in [0.05, 0.1) is 11.1 Å². The quantitative estimate of drug-likeness (QED) is 0.392. The number of aryl methyl sites for hydroxylation is 2. The Morgan fingerprint density at radius 3 is 2.34 bits per heavy atom. The highest BCUT2D eigenvalue weighted by atomic mass is 19.4. The Balaban J connectivity index is 1.42. The Labute approximate surface area is 217 Å². The minimum absolute atomic E-state index is 0.00303. The summed E-state index contributed by atoms with van der Waals surface area (Å²) in [6.07, 6.45) is -2.46. The maximum absolute atomic E-state index is 13.1. The zero-order valence-corrected chi connectivity index (χ0v) is 20.9. The van der Waals surface area contributed by atoms with E-state index in [2.05, 4.69) is 37.2 Å². The van der Waals surface area contributed by atoms with Crippen molar-refractivity contribution in [1.82, 2.24) is 24.6 Å². The summed E-state index contributed by atoms with van der Waals surface area (Å²) in [5, 5.41) is 7.22. The normalized spacial score (nSPS) is 14.7. The second-order valence-corrected chi connectivity index (χ2v) is 9.43. The van der Waals surface area contributed by atoms with Crippen molar-refractivity contribution < 1.29 is 13.2 Å². The van der Waals surface area contributed by atoms with Crippen LogP contribution in [-0.4, -0.2) is 64.1 Å². The maximum atomic E-state index is 13.1. The molecule has 38 heavy (non-hydrogen) atoms. The molecule has 1 saturated heterocycles. The number of likely N-dealkylation sites (N-methyl/N-ethyl adjacent to an activating group) is 1. The van der Waals surface area contributed by atoms with Crippen LogP contribution in [0.25, 0.3) is 10.9 Å². The topological polar surface area (TPSA) is 79.2 Å². The van der Waals surface area contributed by atoms with E-state index >= 15 is 0 Å². The number of fused-ring (bicyclic) bond motifs is 1. The molecule has 8 nitrogen and oxygen atoms in total. The van der Waals surface area contributed by atoms with Gasteiger partial charge in [0.25, 0.3) is 5.56 Å². The number of hydrogen-bond acceptors (Lipinski definition) is 7. The third-order valence-electron chi connectivity index (χ3n) is 6.58. The molecule has 2 aromatic carbocycles. The molecule has 5 rings (SSSR count). The van der Waals surface area contributed by atoms with Gasteiger partial charge in [0.15, 0.2) is 0 Å². The van der Waals surface area contributed by atoms with Gasteiger partial charge >= 0.3 is 6.18 Å².